The standard InChI is InChI=1S/C24H21N5O8S/c1-36-16-9-5-14(6-10-16)19-21(31)28(24(33)26-19)18(11-13-3-7-15(8-4-13)29(34)35)20(30)27-23-25-17(12-38-23)22(32)37-2/h3-10,12,18-19H,11H2,1-2H3,(H,26,33)(H,25,27,30)/t18-,19+/m0/s1. The number of urea groups is 1. The molecule has 0 radical (unpaired) electrons. The van der Waals surface area contributed by atoms with Gasteiger partial charge >= 0.3 is 12.0 Å². The third kappa shape index (κ3) is 5.44. The summed E-state index contributed by atoms with van der Waals surface area (Å²) in [6, 6.07) is 8.78. The van der Waals surface area contributed by atoms with Crippen LogP contribution in [-0.2, 0) is 20.7 Å². The molecule has 1 aliphatic rings. The molecule has 1 saturated heterocycles. The molecule has 2 heterocycles. The molecule has 1 fully saturated rings. The van der Waals surface area contributed by atoms with Crippen LogP contribution in [0.15, 0.2) is 53.9 Å². The highest BCUT2D eigenvalue weighted by Gasteiger charge is 2.45. The fraction of sp³-hybridized carbons (Fsp3) is 0.208. The first-order valence-corrected chi connectivity index (χ1v) is 12.0. The zero-order chi connectivity index (χ0) is 27.4. The van der Waals surface area contributed by atoms with Crippen molar-refractivity contribution in [2.75, 3.05) is 19.5 Å². The second-order valence-corrected chi connectivity index (χ2v) is 8.88. The predicted molar refractivity (Wildman–Crippen MR) is 134 cm³/mol. The van der Waals surface area contributed by atoms with Crippen LogP contribution in [0.2, 0.25) is 0 Å². The van der Waals surface area contributed by atoms with E-state index in [0.29, 0.717) is 16.9 Å². The number of anilines is 1. The van der Waals surface area contributed by atoms with Crippen LogP contribution in [0.4, 0.5) is 15.6 Å². The van der Waals surface area contributed by atoms with Crippen molar-refractivity contribution in [2.45, 2.75) is 18.5 Å². The molecule has 2 atom stereocenters. The van der Waals surface area contributed by atoms with E-state index in [1.54, 1.807) is 24.3 Å². The highest BCUT2D eigenvalue weighted by Crippen LogP contribution is 2.28. The molecular weight excluding hydrogens is 518 g/mol. The van der Waals surface area contributed by atoms with Gasteiger partial charge in [0.25, 0.3) is 11.6 Å². The zero-order valence-electron chi connectivity index (χ0n) is 20.1. The maximum atomic E-state index is 13.4. The molecule has 2 N–H and O–H groups in total. The van der Waals surface area contributed by atoms with Gasteiger partial charge in [0.2, 0.25) is 5.91 Å². The molecular formula is C24H21N5O8S. The maximum Gasteiger partial charge on any atom is 0.357 e. The number of thiazole rings is 1. The minimum Gasteiger partial charge on any atom is -0.497 e. The van der Waals surface area contributed by atoms with E-state index in [2.05, 4.69) is 20.4 Å². The van der Waals surface area contributed by atoms with Crippen LogP contribution in [0.1, 0.15) is 27.7 Å². The van der Waals surface area contributed by atoms with Crippen molar-refractivity contribution in [3.63, 3.8) is 0 Å². The van der Waals surface area contributed by atoms with E-state index in [-0.39, 0.29) is 22.9 Å². The van der Waals surface area contributed by atoms with Gasteiger partial charge in [-0.25, -0.2) is 19.5 Å². The van der Waals surface area contributed by atoms with E-state index in [1.807, 2.05) is 0 Å². The minimum absolute atomic E-state index is 0.0192. The number of ether oxygens (including phenoxy) is 2. The van der Waals surface area contributed by atoms with Crippen molar-refractivity contribution >= 4 is 46.0 Å². The summed E-state index contributed by atoms with van der Waals surface area (Å²) >= 11 is 0.961. The summed E-state index contributed by atoms with van der Waals surface area (Å²) in [6.07, 6.45) is -0.131. The monoisotopic (exact) mass is 539 g/mol. The van der Waals surface area contributed by atoms with Crippen molar-refractivity contribution in [3.05, 3.63) is 80.8 Å². The number of amides is 4. The molecule has 13 nitrogen and oxygen atoms in total. The number of non-ortho nitro benzene ring substituents is 1. The number of hydrogen-bond acceptors (Lipinski definition) is 10. The first-order chi connectivity index (χ1) is 18.2. The van der Waals surface area contributed by atoms with Gasteiger partial charge in [0.15, 0.2) is 10.8 Å². The SMILES string of the molecule is COC(=O)c1csc(NC(=O)[C@H](Cc2ccc([N+](=O)[O-])cc2)N2C(=O)N[C@H](c3ccc(OC)cc3)C2=O)n1. The average molecular weight is 540 g/mol. The number of benzene rings is 2. The van der Waals surface area contributed by atoms with Gasteiger partial charge in [0.1, 0.15) is 17.8 Å². The van der Waals surface area contributed by atoms with Crippen LogP contribution in [-0.4, -0.2) is 58.9 Å². The third-order valence-electron chi connectivity index (χ3n) is 5.74. The lowest BCUT2D eigenvalue weighted by atomic mass is 10.0. The maximum absolute atomic E-state index is 13.4. The molecule has 2 aromatic carbocycles. The summed E-state index contributed by atoms with van der Waals surface area (Å²) in [4.78, 5) is 66.8. The van der Waals surface area contributed by atoms with Crippen LogP contribution >= 0.6 is 11.3 Å². The summed E-state index contributed by atoms with van der Waals surface area (Å²) in [5, 5.41) is 17.6. The molecule has 196 valence electrons. The van der Waals surface area contributed by atoms with Crippen LogP contribution in [0, 0.1) is 10.1 Å². The van der Waals surface area contributed by atoms with Crippen LogP contribution in [0.3, 0.4) is 0 Å². The first-order valence-electron chi connectivity index (χ1n) is 11.1. The van der Waals surface area contributed by atoms with Gasteiger partial charge < -0.3 is 20.1 Å². The first kappa shape index (κ1) is 26.2. The van der Waals surface area contributed by atoms with Crippen molar-refractivity contribution < 1.29 is 33.6 Å². The second-order valence-electron chi connectivity index (χ2n) is 8.03. The Balaban J connectivity index is 1.63. The van der Waals surface area contributed by atoms with Gasteiger partial charge in [-0.2, -0.15) is 0 Å². The summed E-state index contributed by atoms with van der Waals surface area (Å²) in [6.45, 7) is 0. The topological polar surface area (TPSA) is 170 Å². The van der Waals surface area contributed by atoms with Crippen LogP contribution in [0.5, 0.6) is 5.75 Å². The van der Waals surface area contributed by atoms with Gasteiger partial charge in [-0.05, 0) is 23.3 Å². The fourth-order valence-electron chi connectivity index (χ4n) is 3.81. The Labute approximate surface area is 219 Å². The molecule has 0 unspecified atom stereocenters. The van der Waals surface area contributed by atoms with E-state index < -0.39 is 40.8 Å². The number of carbonyl (C=O) groups is 4. The average Bonchev–Trinajstić information content (AvgIpc) is 3.50. The van der Waals surface area contributed by atoms with Crippen molar-refractivity contribution in [3.8, 4) is 5.75 Å². The summed E-state index contributed by atoms with van der Waals surface area (Å²) in [5.74, 6) is -1.53. The quantitative estimate of drug-likeness (QED) is 0.180. The van der Waals surface area contributed by atoms with E-state index >= 15 is 0 Å². The zero-order valence-corrected chi connectivity index (χ0v) is 20.9. The highest BCUT2D eigenvalue weighted by atomic mass is 32.1. The van der Waals surface area contributed by atoms with Crippen LogP contribution < -0.4 is 15.4 Å². The number of nitrogens with one attached hydrogen (secondary N) is 2. The van der Waals surface area contributed by atoms with E-state index in [0.717, 1.165) is 16.2 Å². The van der Waals surface area contributed by atoms with E-state index in [1.165, 1.54) is 43.9 Å². The molecule has 0 saturated carbocycles. The number of methoxy groups -OCH3 is 2. The summed E-state index contributed by atoms with van der Waals surface area (Å²) in [5.41, 5.74) is 0.791. The summed E-state index contributed by atoms with van der Waals surface area (Å²) < 4.78 is 9.74. The third-order valence-corrected chi connectivity index (χ3v) is 6.50. The van der Waals surface area contributed by atoms with Gasteiger partial charge in [-0.15, -0.1) is 11.3 Å². The molecule has 14 heteroatoms. The minimum atomic E-state index is -1.34. The summed E-state index contributed by atoms with van der Waals surface area (Å²) in [7, 11) is 2.69. The van der Waals surface area contributed by atoms with Crippen molar-refractivity contribution in [1.82, 2.24) is 15.2 Å². The molecule has 0 spiro atoms. The smallest absolute Gasteiger partial charge is 0.357 e. The Morgan fingerprint density at radius 3 is 2.45 bits per heavy atom. The van der Waals surface area contributed by atoms with Crippen molar-refractivity contribution in [2.24, 2.45) is 0 Å². The molecule has 1 aromatic heterocycles. The lowest BCUT2D eigenvalue weighted by molar-refractivity contribution is -0.384. The largest absolute Gasteiger partial charge is 0.497 e. The van der Waals surface area contributed by atoms with Gasteiger partial charge in [0.05, 0.1) is 19.1 Å². The number of nitro benzene ring substituents is 1. The van der Waals surface area contributed by atoms with Gasteiger partial charge in [-0.1, -0.05) is 24.3 Å². The number of carbonyl (C=O) groups excluding carboxylic acids is 4. The number of hydrogen-bond donors (Lipinski definition) is 2. The number of nitro groups is 1. The Morgan fingerprint density at radius 1 is 1.16 bits per heavy atom. The molecule has 0 bridgehead atoms. The van der Waals surface area contributed by atoms with Gasteiger partial charge in [-0.3, -0.25) is 19.7 Å². The number of nitrogens with zero attached hydrogens (tertiary/aromatic N) is 3. The number of imide groups is 1. The molecule has 4 amide bonds. The Hall–Kier alpha value is -4.85. The Kier molecular flexibility index (Phi) is 7.62. The number of aromatic nitrogens is 1. The van der Waals surface area contributed by atoms with Crippen LogP contribution in [0.25, 0.3) is 0 Å². The molecule has 38 heavy (non-hydrogen) atoms. The van der Waals surface area contributed by atoms with Gasteiger partial charge in [0, 0.05) is 23.9 Å². The Morgan fingerprint density at radius 2 is 1.84 bits per heavy atom. The molecule has 3 aromatic rings. The van der Waals surface area contributed by atoms with Crippen molar-refractivity contribution in [1.29, 1.82) is 0 Å². The molecule has 1 aliphatic heterocycles. The normalized spacial score (nSPS) is 15.5. The Bertz CT molecular complexity index is 1390. The van der Waals surface area contributed by atoms with E-state index in [9.17, 15) is 29.3 Å². The van der Waals surface area contributed by atoms with E-state index in [4.69, 9.17) is 4.74 Å². The highest BCUT2D eigenvalue weighted by molar-refractivity contribution is 7.14. The molecule has 0 aliphatic carbocycles. The second kappa shape index (κ2) is 11.0. The predicted octanol–water partition coefficient (Wildman–Crippen LogP) is 2.69. The number of rotatable bonds is 9. The fourth-order valence-corrected chi connectivity index (χ4v) is 4.49. The number of esters is 1. The lowest BCUT2D eigenvalue weighted by Gasteiger charge is -2.24. The molecule has 4 rings (SSSR count). The lowest BCUT2D eigenvalue weighted by Crippen LogP contribution is -2.49.